The van der Waals surface area contributed by atoms with E-state index < -0.39 is 5.60 Å². The maximum atomic E-state index is 10.5. The number of aryl methyl sites for hydroxylation is 1. The molecule has 1 heterocycles. The molecule has 1 unspecified atom stereocenters. The van der Waals surface area contributed by atoms with Gasteiger partial charge in [-0.25, -0.2) is 4.99 Å². The molecule has 132 valence electrons. The molecule has 0 fully saturated rings. The highest BCUT2D eigenvalue weighted by atomic mass is 16.4. The molecule has 1 rings (SSSR count). The van der Waals surface area contributed by atoms with Crippen molar-refractivity contribution in [3.63, 3.8) is 0 Å². The zero-order valence-electron chi connectivity index (χ0n) is 15.1. The van der Waals surface area contributed by atoms with E-state index in [1.54, 1.807) is 13.0 Å². The second-order valence-corrected chi connectivity index (χ2v) is 5.83. The molecule has 0 saturated heterocycles. The molecule has 1 aromatic heterocycles. The standard InChI is InChI=1S/C17H32N4O2/c1-6-18-16(19-11-12-21(7-2)8-3)20-13-17(5,22)15-10-9-14(4)23-15/h9-10,22H,6-8,11-13H2,1-5H3,(H2,18,19,20). The molecule has 0 bridgehead atoms. The summed E-state index contributed by atoms with van der Waals surface area (Å²) in [5.74, 6) is 2.04. The van der Waals surface area contributed by atoms with Crippen molar-refractivity contribution in [3.05, 3.63) is 23.7 Å². The van der Waals surface area contributed by atoms with Gasteiger partial charge < -0.3 is 25.1 Å². The monoisotopic (exact) mass is 324 g/mol. The number of furan rings is 1. The van der Waals surface area contributed by atoms with Crippen LogP contribution in [0.4, 0.5) is 0 Å². The molecule has 0 spiro atoms. The average Bonchev–Trinajstić information content (AvgIpc) is 2.96. The van der Waals surface area contributed by atoms with E-state index in [9.17, 15) is 5.11 Å². The minimum absolute atomic E-state index is 0.237. The van der Waals surface area contributed by atoms with E-state index in [0.717, 1.165) is 38.5 Å². The maximum absolute atomic E-state index is 10.5. The molecule has 1 aromatic rings. The van der Waals surface area contributed by atoms with Crippen LogP contribution in [0.2, 0.25) is 0 Å². The first-order valence-electron chi connectivity index (χ1n) is 8.46. The van der Waals surface area contributed by atoms with Gasteiger partial charge in [0.2, 0.25) is 0 Å². The molecule has 0 saturated carbocycles. The number of hydrogen-bond donors (Lipinski definition) is 3. The molecule has 6 nitrogen and oxygen atoms in total. The van der Waals surface area contributed by atoms with Crippen LogP contribution in [0.3, 0.4) is 0 Å². The molecule has 6 heteroatoms. The van der Waals surface area contributed by atoms with E-state index in [4.69, 9.17) is 4.42 Å². The Bertz CT molecular complexity index is 479. The fourth-order valence-electron chi connectivity index (χ4n) is 2.25. The molecule has 1 atom stereocenters. The van der Waals surface area contributed by atoms with Crippen LogP contribution in [0.25, 0.3) is 0 Å². The Morgan fingerprint density at radius 1 is 1.26 bits per heavy atom. The summed E-state index contributed by atoms with van der Waals surface area (Å²) in [4.78, 5) is 6.83. The van der Waals surface area contributed by atoms with Crippen LogP contribution in [0.5, 0.6) is 0 Å². The van der Waals surface area contributed by atoms with Gasteiger partial charge in [0, 0.05) is 19.6 Å². The SMILES string of the molecule is CCNC(=NCC(C)(O)c1ccc(C)o1)NCCN(CC)CC. The molecule has 23 heavy (non-hydrogen) atoms. The summed E-state index contributed by atoms with van der Waals surface area (Å²) in [6, 6.07) is 3.65. The molecule has 3 N–H and O–H groups in total. The van der Waals surface area contributed by atoms with Crippen LogP contribution >= 0.6 is 0 Å². The Balaban J connectivity index is 2.60. The normalized spacial score (nSPS) is 14.8. The minimum Gasteiger partial charge on any atom is -0.463 e. The van der Waals surface area contributed by atoms with Crippen molar-refractivity contribution in [3.8, 4) is 0 Å². The predicted molar refractivity (Wildman–Crippen MR) is 94.8 cm³/mol. The molecule has 0 aliphatic carbocycles. The van der Waals surface area contributed by atoms with Gasteiger partial charge in [-0.15, -0.1) is 0 Å². The molecule has 0 aliphatic heterocycles. The number of nitrogens with one attached hydrogen (secondary N) is 2. The quantitative estimate of drug-likeness (QED) is 0.476. The van der Waals surface area contributed by atoms with Crippen LogP contribution < -0.4 is 10.6 Å². The summed E-state index contributed by atoms with van der Waals surface area (Å²) >= 11 is 0. The molecule has 0 amide bonds. The first-order valence-corrected chi connectivity index (χ1v) is 8.46. The lowest BCUT2D eigenvalue weighted by atomic mass is 10.0. The lowest BCUT2D eigenvalue weighted by Crippen LogP contribution is -2.42. The first-order chi connectivity index (χ1) is 10.9. The molecule has 0 aliphatic rings. The van der Waals surface area contributed by atoms with Crippen LogP contribution in [0, 0.1) is 6.92 Å². The van der Waals surface area contributed by atoms with Gasteiger partial charge in [-0.2, -0.15) is 0 Å². The topological polar surface area (TPSA) is 73.0 Å². The van der Waals surface area contributed by atoms with Crippen molar-refractivity contribution in [1.29, 1.82) is 0 Å². The predicted octanol–water partition coefficient (Wildman–Crippen LogP) is 1.69. The van der Waals surface area contributed by atoms with Gasteiger partial charge in [-0.05, 0) is 46.0 Å². The molecule has 0 aromatic carbocycles. The zero-order chi connectivity index (χ0) is 17.3. The molecule has 0 radical (unpaired) electrons. The third-order valence-corrected chi connectivity index (χ3v) is 3.78. The number of guanidine groups is 1. The number of likely N-dealkylation sites (N-methyl/N-ethyl adjacent to an activating group) is 1. The summed E-state index contributed by atoms with van der Waals surface area (Å²) in [5, 5.41) is 17.0. The van der Waals surface area contributed by atoms with Gasteiger partial charge in [-0.3, -0.25) is 0 Å². The number of aliphatic imine (C=N–C) groups is 1. The van der Waals surface area contributed by atoms with Crippen molar-refractivity contribution in [1.82, 2.24) is 15.5 Å². The fraction of sp³-hybridized carbons (Fsp3) is 0.706. The van der Waals surface area contributed by atoms with Crippen LogP contribution in [-0.4, -0.2) is 55.2 Å². The van der Waals surface area contributed by atoms with Gasteiger partial charge in [0.1, 0.15) is 17.1 Å². The highest BCUT2D eigenvalue weighted by Crippen LogP contribution is 2.22. The largest absolute Gasteiger partial charge is 0.463 e. The van der Waals surface area contributed by atoms with Crippen LogP contribution in [0.1, 0.15) is 39.2 Å². The Morgan fingerprint density at radius 2 is 1.96 bits per heavy atom. The van der Waals surface area contributed by atoms with Gasteiger partial charge in [-0.1, -0.05) is 13.8 Å². The van der Waals surface area contributed by atoms with E-state index in [1.165, 1.54) is 0 Å². The number of rotatable bonds is 9. The lowest BCUT2D eigenvalue weighted by Gasteiger charge is -2.21. The smallest absolute Gasteiger partial charge is 0.191 e. The summed E-state index contributed by atoms with van der Waals surface area (Å²) in [5.41, 5.74) is -1.12. The average molecular weight is 324 g/mol. The number of aliphatic hydroxyl groups is 1. The Labute approximate surface area is 140 Å². The van der Waals surface area contributed by atoms with Crippen molar-refractivity contribution in [2.24, 2.45) is 4.99 Å². The number of hydrogen-bond acceptors (Lipinski definition) is 4. The number of nitrogens with zero attached hydrogens (tertiary/aromatic N) is 2. The summed E-state index contributed by atoms with van der Waals surface area (Å²) < 4.78 is 5.52. The van der Waals surface area contributed by atoms with Gasteiger partial charge in [0.05, 0.1) is 6.54 Å². The van der Waals surface area contributed by atoms with E-state index in [-0.39, 0.29) is 6.54 Å². The maximum Gasteiger partial charge on any atom is 0.191 e. The lowest BCUT2D eigenvalue weighted by molar-refractivity contribution is 0.0428. The van der Waals surface area contributed by atoms with E-state index >= 15 is 0 Å². The van der Waals surface area contributed by atoms with Crippen molar-refractivity contribution in [2.75, 3.05) is 39.3 Å². The second-order valence-electron chi connectivity index (χ2n) is 5.83. The zero-order valence-corrected chi connectivity index (χ0v) is 15.1. The van der Waals surface area contributed by atoms with Crippen LogP contribution in [-0.2, 0) is 5.60 Å². The van der Waals surface area contributed by atoms with E-state index in [1.807, 2.05) is 19.9 Å². The Morgan fingerprint density at radius 3 is 2.48 bits per heavy atom. The Kier molecular flexibility index (Phi) is 8.12. The van der Waals surface area contributed by atoms with Crippen molar-refractivity contribution < 1.29 is 9.52 Å². The molecular formula is C17H32N4O2. The first kappa shape index (κ1) is 19.5. The highest BCUT2D eigenvalue weighted by Gasteiger charge is 2.26. The Hall–Kier alpha value is -1.53. The van der Waals surface area contributed by atoms with Gasteiger partial charge >= 0.3 is 0 Å². The van der Waals surface area contributed by atoms with Gasteiger partial charge in [0.25, 0.3) is 0 Å². The van der Waals surface area contributed by atoms with Crippen molar-refractivity contribution in [2.45, 2.75) is 40.2 Å². The van der Waals surface area contributed by atoms with Crippen molar-refractivity contribution >= 4 is 5.96 Å². The summed E-state index contributed by atoms with van der Waals surface area (Å²) in [6.45, 7) is 14.8. The highest BCUT2D eigenvalue weighted by molar-refractivity contribution is 5.79. The third kappa shape index (κ3) is 6.62. The van der Waals surface area contributed by atoms with Crippen LogP contribution in [0.15, 0.2) is 21.5 Å². The summed E-state index contributed by atoms with van der Waals surface area (Å²) in [6.07, 6.45) is 0. The minimum atomic E-state index is -1.12. The van der Waals surface area contributed by atoms with E-state index in [2.05, 4.69) is 34.4 Å². The van der Waals surface area contributed by atoms with E-state index in [0.29, 0.717) is 11.7 Å². The summed E-state index contributed by atoms with van der Waals surface area (Å²) in [7, 11) is 0. The molecular weight excluding hydrogens is 292 g/mol. The third-order valence-electron chi connectivity index (χ3n) is 3.78. The second kappa shape index (κ2) is 9.57. The fourth-order valence-corrected chi connectivity index (χ4v) is 2.25. The van der Waals surface area contributed by atoms with Gasteiger partial charge in [0.15, 0.2) is 5.96 Å².